The number of benzene rings is 2. The van der Waals surface area contributed by atoms with Gasteiger partial charge in [0.2, 0.25) is 0 Å². The number of para-hydroxylation sites is 1. The quantitative estimate of drug-likeness (QED) is 0.506. The van der Waals surface area contributed by atoms with Gasteiger partial charge in [-0.15, -0.1) is 0 Å². The van der Waals surface area contributed by atoms with E-state index in [9.17, 15) is 4.79 Å². The van der Waals surface area contributed by atoms with E-state index in [-0.39, 0.29) is 5.91 Å². The molecule has 0 bridgehead atoms. The number of nitrogens with zero attached hydrogens (tertiary/aromatic N) is 3. The molecular formula is C24H22N4O. The van der Waals surface area contributed by atoms with Gasteiger partial charge in [-0.3, -0.25) is 9.78 Å². The second-order valence-electron chi connectivity index (χ2n) is 6.82. The maximum atomic E-state index is 12.9. The number of anilines is 3. The number of carbonyl (C=O) groups excluding carboxylic acids is 1. The van der Waals surface area contributed by atoms with Gasteiger partial charge in [-0.25, -0.2) is 4.98 Å². The van der Waals surface area contributed by atoms with Crippen LogP contribution in [0, 0.1) is 6.92 Å². The van der Waals surface area contributed by atoms with Crippen molar-refractivity contribution in [3.63, 3.8) is 0 Å². The molecule has 2 aromatic carbocycles. The summed E-state index contributed by atoms with van der Waals surface area (Å²) >= 11 is 0. The van der Waals surface area contributed by atoms with Crippen LogP contribution in [0.15, 0.2) is 79.1 Å². The molecular weight excluding hydrogens is 360 g/mol. The lowest BCUT2D eigenvalue weighted by atomic mass is 10.1. The number of pyridine rings is 2. The highest BCUT2D eigenvalue weighted by molar-refractivity contribution is 6.08. The summed E-state index contributed by atoms with van der Waals surface area (Å²) < 4.78 is 0. The van der Waals surface area contributed by atoms with Gasteiger partial charge in [-0.05, 0) is 55.8 Å². The molecule has 0 fully saturated rings. The Kier molecular flexibility index (Phi) is 5.20. The van der Waals surface area contributed by atoms with E-state index in [1.165, 1.54) is 5.56 Å². The lowest BCUT2D eigenvalue weighted by molar-refractivity contribution is 0.102. The van der Waals surface area contributed by atoms with Crippen molar-refractivity contribution in [2.24, 2.45) is 0 Å². The highest BCUT2D eigenvalue weighted by Crippen LogP contribution is 2.26. The van der Waals surface area contributed by atoms with Crippen molar-refractivity contribution in [1.29, 1.82) is 0 Å². The third-order valence-corrected chi connectivity index (χ3v) is 4.79. The molecule has 0 radical (unpaired) electrons. The minimum Gasteiger partial charge on any atom is -0.327 e. The predicted octanol–water partition coefficient (Wildman–Crippen LogP) is 5.35. The molecule has 2 heterocycles. The minimum absolute atomic E-state index is 0.188. The van der Waals surface area contributed by atoms with Gasteiger partial charge >= 0.3 is 0 Å². The van der Waals surface area contributed by atoms with E-state index in [1.54, 1.807) is 18.5 Å². The molecule has 1 amide bonds. The summed E-state index contributed by atoms with van der Waals surface area (Å²) in [5.41, 5.74) is 4.24. The first-order valence-electron chi connectivity index (χ1n) is 9.61. The van der Waals surface area contributed by atoms with Crippen LogP contribution in [0.1, 0.15) is 22.8 Å². The number of nitrogens with one attached hydrogen (secondary N) is 1. The normalized spacial score (nSPS) is 10.7. The van der Waals surface area contributed by atoms with Crippen LogP contribution in [0.3, 0.4) is 0 Å². The second kappa shape index (κ2) is 8.10. The Balaban J connectivity index is 1.63. The van der Waals surface area contributed by atoms with Crippen molar-refractivity contribution in [3.05, 3.63) is 90.3 Å². The van der Waals surface area contributed by atoms with Crippen LogP contribution < -0.4 is 10.2 Å². The number of aromatic nitrogens is 2. The van der Waals surface area contributed by atoms with Crippen molar-refractivity contribution in [2.75, 3.05) is 16.8 Å². The zero-order valence-corrected chi connectivity index (χ0v) is 16.5. The first-order chi connectivity index (χ1) is 14.2. The molecule has 0 atom stereocenters. The number of carbonyl (C=O) groups is 1. The smallest absolute Gasteiger partial charge is 0.255 e. The molecule has 0 aliphatic rings. The number of amides is 1. The monoisotopic (exact) mass is 382 g/mol. The van der Waals surface area contributed by atoms with Crippen LogP contribution in [0.2, 0.25) is 0 Å². The van der Waals surface area contributed by atoms with E-state index in [1.807, 2.05) is 48.5 Å². The van der Waals surface area contributed by atoms with Gasteiger partial charge in [0.15, 0.2) is 0 Å². The molecule has 0 saturated heterocycles. The fourth-order valence-electron chi connectivity index (χ4n) is 3.38. The van der Waals surface area contributed by atoms with E-state index < -0.39 is 0 Å². The fourth-order valence-corrected chi connectivity index (χ4v) is 3.38. The number of rotatable bonds is 5. The SMILES string of the molecule is CCN(c1cccc(C)c1)c1cc(C(=O)Nc2cccc3cccnc23)ccn1. The second-order valence-corrected chi connectivity index (χ2v) is 6.82. The first-order valence-corrected chi connectivity index (χ1v) is 9.61. The van der Waals surface area contributed by atoms with Gasteiger partial charge in [-0.2, -0.15) is 0 Å². The van der Waals surface area contributed by atoms with Crippen LogP contribution in [-0.4, -0.2) is 22.4 Å². The van der Waals surface area contributed by atoms with E-state index in [0.717, 1.165) is 29.0 Å². The highest BCUT2D eigenvalue weighted by Gasteiger charge is 2.14. The van der Waals surface area contributed by atoms with Crippen LogP contribution in [0.4, 0.5) is 17.2 Å². The molecule has 144 valence electrons. The Morgan fingerprint density at radius 2 is 1.79 bits per heavy atom. The lowest BCUT2D eigenvalue weighted by Crippen LogP contribution is -2.19. The minimum atomic E-state index is -0.188. The molecule has 4 rings (SSSR count). The van der Waals surface area contributed by atoms with Crippen LogP contribution in [0.25, 0.3) is 10.9 Å². The van der Waals surface area contributed by atoms with Gasteiger partial charge < -0.3 is 10.2 Å². The van der Waals surface area contributed by atoms with Crippen molar-refractivity contribution in [1.82, 2.24) is 9.97 Å². The average Bonchev–Trinajstić information content (AvgIpc) is 2.75. The maximum absolute atomic E-state index is 12.9. The van der Waals surface area contributed by atoms with E-state index in [0.29, 0.717) is 11.3 Å². The van der Waals surface area contributed by atoms with E-state index >= 15 is 0 Å². The summed E-state index contributed by atoms with van der Waals surface area (Å²) in [6, 6.07) is 21.4. The third kappa shape index (κ3) is 3.94. The topological polar surface area (TPSA) is 58.1 Å². The zero-order chi connectivity index (χ0) is 20.2. The van der Waals surface area contributed by atoms with Gasteiger partial charge in [-0.1, -0.05) is 30.3 Å². The Morgan fingerprint density at radius 1 is 0.966 bits per heavy atom. The number of hydrogen-bond donors (Lipinski definition) is 1. The summed E-state index contributed by atoms with van der Waals surface area (Å²) in [6.07, 6.45) is 3.40. The molecule has 0 unspecified atom stereocenters. The van der Waals surface area contributed by atoms with Crippen LogP contribution in [0.5, 0.6) is 0 Å². The van der Waals surface area contributed by atoms with Crippen molar-refractivity contribution < 1.29 is 4.79 Å². The lowest BCUT2D eigenvalue weighted by Gasteiger charge is -2.23. The van der Waals surface area contributed by atoms with Gasteiger partial charge in [0, 0.05) is 35.6 Å². The molecule has 0 saturated carbocycles. The standard InChI is InChI=1S/C24H22N4O/c1-3-28(20-10-4-7-17(2)15-20)22-16-19(12-14-25-22)24(29)27-21-11-5-8-18-9-6-13-26-23(18)21/h4-16H,3H2,1-2H3,(H,27,29). The maximum Gasteiger partial charge on any atom is 0.255 e. The Hall–Kier alpha value is -3.73. The summed E-state index contributed by atoms with van der Waals surface area (Å²) in [4.78, 5) is 23.9. The summed E-state index contributed by atoms with van der Waals surface area (Å²) in [5.74, 6) is 0.550. The molecule has 2 aromatic heterocycles. The molecule has 1 N–H and O–H groups in total. The molecule has 0 aliphatic heterocycles. The van der Waals surface area contributed by atoms with Crippen molar-refractivity contribution in [2.45, 2.75) is 13.8 Å². The summed E-state index contributed by atoms with van der Waals surface area (Å²) in [5, 5.41) is 3.97. The molecule has 0 aliphatic carbocycles. The summed E-state index contributed by atoms with van der Waals surface area (Å²) in [6.45, 7) is 4.88. The zero-order valence-electron chi connectivity index (χ0n) is 16.5. The first kappa shape index (κ1) is 18.6. The van der Waals surface area contributed by atoms with Crippen molar-refractivity contribution in [3.8, 4) is 0 Å². The van der Waals surface area contributed by atoms with Gasteiger partial charge in [0.05, 0.1) is 11.2 Å². The largest absolute Gasteiger partial charge is 0.327 e. The van der Waals surface area contributed by atoms with Crippen LogP contribution >= 0.6 is 0 Å². The van der Waals surface area contributed by atoms with Gasteiger partial charge in [0.25, 0.3) is 5.91 Å². The van der Waals surface area contributed by atoms with Crippen molar-refractivity contribution >= 4 is 34.0 Å². The van der Waals surface area contributed by atoms with Gasteiger partial charge in [0.1, 0.15) is 5.82 Å². The van der Waals surface area contributed by atoms with E-state index in [4.69, 9.17) is 0 Å². The molecule has 4 aromatic rings. The number of aryl methyl sites for hydroxylation is 1. The highest BCUT2D eigenvalue weighted by atomic mass is 16.1. The molecule has 29 heavy (non-hydrogen) atoms. The Morgan fingerprint density at radius 3 is 2.62 bits per heavy atom. The Labute approximate surface area is 170 Å². The predicted molar refractivity (Wildman–Crippen MR) is 118 cm³/mol. The average molecular weight is 382 g/mol. The van der Waals surface area contributed by atoms with E-state index in [2.05, 4.69) is 46.2 Å². The molecule has 5 heteroatoms. The summed E-state index contributed by atoms with van der Waals surface area (Å²) in [7, 11) is 0. The fraction of sp³-hybridized carbons (Fsp3) is 0.125. The van der Waals surface area contributed by atoms with Crippen LogP contribution in [-0.2, 0) is 0 Å². The Bertz CT molecular complexity index is 1170. The number of fused-ring (bicyclic) bond motifs is 1. The third-order valence-electron chi connectivity index (χ3n) is 4.79. The molecule has 5 nitrogen and oxygen atoms in total. The molecule has 0 spiro atoms. The number of hydrogen-bond acceptors (Lipinski definition) is 4.